The smallest absolute Gasteiger partial charge is 0.227 e. The molecule has 0 saturated carbocycles. The molecule has 0 spiro atoms. The van der Waals surface area contributed by atoms with Crippen molar-refractivity contribution in [3.8, 4) is 17.1 Å². The maximum absolute atomic E-state index is 13.0. The molecule has 0 aliphatic heterocycles. The van der Waals surface area contributed by atoms with Crippen LogP contribution < -0.4 is 5.32 Å². The van der Waals surface area contributed by atoms with E-state index in [0.29, 0.717) is 28.1 Å². The molecule has 0 aliphatic rings. The lowest BCUT2D eigenvalue weighted by atomic mass is 10.2. The molecular weight excluding hydrogens is 409 g/mol. The van der Waals surface area contributed by atoms with Gasteiger partial charge >= 0.3 is 0 Å². The summed E-state index contributed by atoms with van der Waals surface area (Å²) >= 11 is 6.06. The van der Waals surface area contributed by atoms with E-state index in [4.69, 9.17) is 16.1 Å². The Kier molecular flexibility index (Phi) is 5.58. The molecule has 2 aromatic carbocycles. The summed E-state index contributed by atoms with van der Waals surface area (Å²) in [4.78, 5) is 16.7. The Morgan fingerprint density at radius 1 is 1.20 bits per heavy atom. The fourth-order valence-corrected chi connectivity index (χ4v) is 3.08. The summed E-state index contributed by atoms with van der Waals surface area (Å²) in [6.45, 7) is 1.84. The largest absolute Gasteiger partial charge is 0.339 e. The second-order valence-corrected chi connectivity index (χ2v) is 7.07. The minimum Gasteiger partial charge on any atom is -0.339 e. The van der Waals surface area contributed by atoms with Crippen molar-refractivity contribution in [1.29, 1.82) is 0 Å². The molecule has 2 heterocycles. The molecule has 1 amide bonds. The van der Waals surface area contributed by atoms with E-state index in [1.54, 1.807) is 35.0 Å². The molecule has 0 radical (unpaired) electrons. The average Bonchev–Trinajstić information content (AvgIpc) is 3.33. The minimum absolute atomic E-state index is 0.144. The molecule has 0 saturated heterocycles. The van der Waals surface area contributed by atoms with Crippen molar-refractivity contribution in [3.05, 3.63) is 77.0 Å². The number of aromatic nitrogens is 4. The molecule has 7 nitrogen and oxygen atoms in total. The van der Waals surface area contributed by atoms with Gasteiger partial charge in [-0.3, -0.25) is 4.79 Å². The number of amides is 1. The number of hydrogen-bond donors (Lipinski definition) is 1. The van der Waals surface area contributed by atoms with Gasteiger partial charge in [0.25, 0.3) is 0 Å². The number of nitrogens with zero attached hydrogens (tertiary/aromatic N) is 4. The maximum atomic E-state index is 13.0. The van der Waals surface area contributed by atoms with Gasteiger partial charge in [-0.1, -0.05) is 22.8 Å². The minimum atomic E-state index is -0.341. The third-order valence-corrected chi connectivity index (χ3v) is 4.52. The van der Waals surface area contributed by atoms with Crippen LogP contribution in [0.5, 0.6) is 0 Å². The van der Waals surface area contributed by atoms with E-state index in [-0.39, 0.29) is 24.6 Å². The van der Waals surface area contributed by atoms with Gasteiger partial charge in [-0.25, -0.2) is 9.07 Å². The van der Waals surface area contributed by atoms with Gasteiger partial charge in [0.15, 0.2) is 0 Å². The summed E-state index contributed by atoms with van der Waals surface area (Å²) < 4.78 is 19.8. The number of rotatable bonds is 6. The molecule has 0 atom stereocenters. The van der Waals surface area contributed by atoms with Crippen LogP contribution in [0.25, 0.3) is 17.1 Å². The number of nitrogens with one attached hydrogen (secondary N) is 1. The molecule has 4 rings (SSSR count). The third-order valence-electron chi connectivity index (χ3n) is 4.29. The molecular formula is C21H17ClFN5O2. The number of anilines is 1. The van der Waals surface area contributed by atoms with Crippen LogP contribution in [-0.2, 0) is 11.2 Å². The van der Waals surface area contributed by atoms with Crippen molar-refractivity contribution in [2.45, 2.75) is 19.8 Å². The first-order chi connectivity index (χ1) is 14.5. The van der Waals surface area contributed by atoms with Crippen molar-refractivity contribution in [3.63, 3.8) is 0 Å². The third kappa shape index (κ3) is 4.55. The second kappa shape index (κ2) is 8.46. The normalized spacial score (nSPS) is 10.9. The van der Waals surface area contributed by atoms with E-state index in [9.17, 15) is 9.18 Å². The van der Waals surface area contributed by atoms with Crippen molar-refractivity contribution in [2.24, 2.45) is 0 Å². The van der Waals surface area contributed by atoms with E-state index in [1.807, 2.05) is 19.1 Å². The fraction of sp³-hybridized carbons (Fsp3) is 0.143. The highest BCUT2D eigenvalue weighted by Gasteiger charge is 2.14. The molecule has 9 heteroatoms. The SMILES string of the molecule is Cc1cc(NC(=O)CCc2nc(-c3ccc(F)cc3)no2)n(-c2cccc(Cl)c2)n1. The molecule has 2 aromatic heterocycles. The number of carbonyl (C=O) groups is 1. The Hall–Kier alpha value is -3.52. The Morgan fingerprint density at radius 2 is 2.00 bits per heavy atom. The first-order valence-corrected chi connectivity index (χ1v) is 9.57. The summed E-state index contributed by atoms with van der Waals surface area (Å²) in [5.41, 5.74) is 2.13. The van der Waals surface area contributed by atoms with Gasteiger partial charge in [-0.15, -0.1) is 0 Å². The monoisotopic (exact) mass is 425 g/mol. The molecule has 30 heavy (non-hydrogen) atoms. The van der Waals surface area contributed by atoms with Crippen LogP contribution in [0, 0.1) is 12.7 Å². The predicted molar refractivity (Wildman–Crippen MR) is 110 cm³/mol. The van der Waals surface area contributed by atoms with E-state index in [1.165, 1.54) is 12.1 Å². The molecule has 4 aromatic rings. The second-order valence-electron chi connectivity index (χ2n) is 6.63. The highest BCUT2D eigenvalue weighted by Crippen LogP contribution is 2.21. The summed E-state index contributed by atoms with van der Waals surface area (Å²) in [5.74, 6) is 0.646. The fourth-order valence-electron chi connectivity index (χ4n) is 2.89. The van der Waals surface area contributed by atoms with Crippen LogP contribution >= 0.6 is 11.6 Å². The number of benzene rings is 2. The van der Waals surface area contributed by atoms with Crippen LogP contribution in [-0.4, -0.2) is 25.8 Å². The van der Waals surface area contributed by atoms with E-state index in [0.717, 1.165) is 11.4 Å². The van der Waals surface area contributed by atoms with Gasteiger partial charge in [0.05, 0.1) is 11.4 Å². The molecule has 0 unspecified atom stereocenters. The highest BCUT2D eigenvalue weighted by atomic mass is 35.5. The molecule has 0 fully saturated rings. The Balaban J connectivity index is 1.41. The van der Waals surface area contributed by atoms with Gasteiger partial charge in [-0.05, 0) is 49.4 Å². The van der Waals surface area contributed by atoms with Crippen molar-refractivity contribution >= 4 is 23.3 Å². The summed E-state index contributed by atoms with van der Waals surface area (Å²) in [5, 5.41) is 11.7. The van der Waals surface area contributed by atoms with Crippen LogP contribution in [0.4, 0.5) is 10.2 Å². The van der Waals surface area contributed by atoms with E-state index >= 15 is 0 Å². The number of hydrogen-bond acceptors (Lipinski definition) is 5. The first kappa shape index (κ1) is 19.8. The van der Waals surface area contributed by atoms with Crippen LogP contribution in [0.15, 0.2) is 59.1 Å². The maximum Gasteiger partial charge on any atom is 0.227 e. The standard InChI is InChI=1S/C21H17ClFN5O2/c1-13-11-18(28(26-13)17-4-2-3-15(22)12-17)24-19(29)9-10-20-25-21(27-30-20)14-5-7-16(23)8-6-14/h2-8,11-12H,9-10H2,1H3,(H,24,29). The van der Waals surface area contributed by atoms with Crippen molar-refractivity contribution < 1.29 is 13.7 Å². The molecule has 152 valence electrons. The zero-order valence-electron chi connectivity index (χ0n) is 16.0. The van der Waals surface area contributed by atoms with Crippen molar-refractivity contribution in [1.82, 2.24) is 19.9 Å². The van der Waals surface area contributed by atoms with Gasteiger partial charge in [-0.2, -0.15) is 10.1 Å². The number of carbonyl (C=O) groups excluding carboxylic acids is 1. The number of halogens is 2. The zero-order valence-corrected chi connectivity index (χ0v) is 16.7. The highest BCUT2D eigenvalue weighted by molar-refractivity contribution is 6.30. The number of aryl methyl sites for hydroxylation is 2. The zero-order chi connectivity index (χ0) is 21.1. The molecule has 0 aliphatic carbocycles. The predicted octanol–water partition coefficient (Wildman–Crippen LogP) is 4.59. The Morgan fingerprint density at radius 3 is 2.77 bits per heavy atom. The summed E-state index contributed by atoms with van der Waals surface area (Å²) in [7, 11) is 0. The van der Waals surface area contributed by atoms with Gasteiger partial charge in [0.2, 0.25) is 17.6 Å². The van der Waals surface area contributed by atoms with E-state index in [2.05, 4.69) is 20.6 Å². The van der Waals surface area contributed by atoms with Crippen LogP contribution in [0.2, 0.25) is 5.02 Å². The lowest BCUT2D eigenvalue weighted by Gasteiger charge is -2.08. The van der Waals surface area contributed by atoms with E-state index < -0.39 is 0 Å². The first-order valence-electron chi connectivity index (χ1n) is 9.19. The summed E-state index contributed by atoms with van der Waals surface area (Å²) in [6.07, 6.45) is 0.412. The van der Waals surface area contributed by atoms with Gasteiger partial charge in [0, 0.05) is 29.5 Å². The lowest BCUT2D eigenvalue weighted by Crippen LogP contribution is -2.15. The lowest BCUT2D eigenvalue weighted by molar-refractivity contribution is -0.116. The molecule has 0 bridgehead atoms. The quantitative estimate of drug-likeness (QED) is 0.488. The molecule has 1 N–H and O–H groups in total. The Labute approximate surface area is 176 Å². The van der Waals surface area contributed by atoms with Crippen molar-refractivity contribution in [2.75, 3.05) is 5.32 Å². The van der Waals surface area contributed by atoms with Crippen LogP contribution in [0.1, 0.15) is 18.0 Å². The average molecular weight is 426 g/mol. The Bertz CT molecular complexity index is 1190. The summed E-state index contributed by atoms with van der Waals surface area (Å²) in [6, 6.07) is 14.7. The van der Waals surface area contributed by atoms with Gasteiger partial charge in [0.1, 0.15) is 11.6 Å². The van der Waals surface area contributed by atoms with Crippen LogP contribution in [0.3, 0.4) is 0 Å². The van der Waals surface area contributed by atoms with Gasteiger partial charge < -0.3 is 9.84 Å². The topological polar surface area (TPSA) is 85.8 Å².